The molecule has 0 saturated carbocycles. The zero-order chi connectivity index (χ0) is 13.8. The molecule has 1 N–H and O–H groups in total. The summed E-state index contributed by atoms with van der Waals surface area (Å²) in [6.07, 6.45) is 1.60. The first-order valence-corrected chi connectivity index (χ1v) is 6.79. The molecule has 0 bridgehead atoms. The number of carbonyl (C=O) groups is 1. The van der Waals surface area contributed by atoms with Crippen LogP contribution < -0.4 is 5.32 Å². The van der Waals surface area contributed by atoms with Gasteiger partial charge in [-0.15, -0.1) is 0 Å². The third-order valence-corrected chi connectivity index (χ3v) is 3.32. The van der Waals surface area contributed by atoms with Crippen LogP contribution in [0.15, 0.2) is 0 Å². The van der Waals surface area contributed by atoms with E-state index in [0.29, 0.717) is 23.8 Å². The number of nitrogens with one attached hydrogen (secondary N) is 1. The average molecular weight is 256 g/mol. The van der Waals surface area contributed by atoms with Crippen LogP contribution in [0.4, 0.5) is 0 Å². The molecule has 0 radical (unpaired) electrons. The van der Waals surface area contributed by atoms with Crippen LogP contribution in [0.3, 0.4) is 0 Å². The van der Waals surface area contributed by atoms with Crippen molar-refractivity contribution in [2.24, 2.45) is 11.3 Å². The fourth-order valence-corrected chi connectivity index (χ4v) is 2.51. The predicted molar refractivity (Wildman–Crippen MR) is 73.5 cm³/mol. The summed E-state index contributed by atoms with van der Waals surface area (Å²) < 4.78 is 4.76. The lowest BCUT2D eigenvalue weighted by molar-refractivity contribution is -0.142. The number of hydrogen-bond donors (Lipinski definition) is 1. The number of likely N-dealkylation sites (N-methyl/N-ethyl adjacent to an activating group) is 1. The molecule has 2 unspecified atom stereocenters. The number of rotatable bonds is 4. The largest absolute Gasteiger partial charge is 0.469 e. The Bertz CT molecular complexity index is 273. The highest BCUT2D eigenvalue weighted by Crippen LogP contribution is 2.20. The second-order valence-electron chi connectivity index (χ2n) is 6.74. The van der Waals surface area contributed by atoms with Crippen molar-refractivity contribution >= 4 is 5.97 Å². The van der Waals surface area contributed by atoms with E-state index in [4.69, 9.17) is 4.74 Å². The first kappa shape index (κ1) is 15.4. The molecule has 1 fully saturated rings. The molecule has 0 aromatic rings. The van der Waals surface area contributed by atoms with E-state index in [1.807, 2.05) is 0 Å². The summed E-state index contributed by atoms with van der Waals surface area (Å²) in [4.78, 5) is 13.7. The van der Waals surface area contributed by atoms with Gasteiger partial charge in [0.15, 0.2) is 0 Å². The SMILES string of the molecule is COC(=O)CC1CC(NCC(C)(C)C)CN(C)C1. The molecule has 1 rings (SSSR count). The summed E-state index contributed by atoms with van der Waals surface area (Å²) in [7, 11) is 3.58. The van der Waals surface area contributed by atoms with Crippen molar-refractivity contribution in [3.05, 3.63) is 0 Å². The summed E-state index contributed by atoms with van der Waals surface area (Å²) in [6.45, 7) is 9.77. The molecule has 1 heterocycles. The van der Waals surface area contributed by atoms with Crippen molar-refractivity contribution in [2.75, 3.05) is 33.8 Å². The van der Waals surface area contributed by atoms with Crippen LogP contribution in [0.1, 0.15) is 33.6 Å². The van der Waals surface area contributed by atoms with Gasteiger partial charge < -0.3 is 15.0 Å². The molecule has 0 spiro atoms. The second kappa shape index (κ2) is 6.53. The Labute approximate surface area is 111 Å². The number of likely N-dealkylation sites (tertiary alicyclic amines) is 1. The highest BCUT2D eigenvalue weighted by atomic mass is 16.5. The van der Waals surface area contributed by atoms with E-state index < -0.39 is 0 Å². The van der Waals surface area contributed by atoms with Crippen molar-refractivity contribution in [3.63, 3.8) is 0 Å². The molecular formula is C14H28N2O2. The van der Waals surface area contributed by atoms with Crippen LogP contribution in [-0.2, 0) is 9.53 Å². The quantitative estimate of drug-likeness (QED) is 0.774. The maximum absolute atomic E-state index is 11.3. The zero-order valence-electron chi connectivity index (χ0n) is 12.5. The maximum Gasteiger partial charge on any atom is 0.305 e. The van der Waals surface area contributed by atoms with E-state index in [9.17, 15) is 4.79 Å². The lowest BCUT2D eigenvalue weighted by atomic mass is 9.90. The normalized spacial score (nSPS) is 26.1. The molecule has 1 aliphatic rings. The van der Waals surface area contributed by atoms with Gasteiger partial charge in [-0.1, -0.05) is 20.8 Å². The minimum absolute atomic E-state index is 0.0927. The molecule has 18 heavy (non-hydrogen) atoms. The van der Waals surface area contributed by atoms with Crippen molar-refractivity contribution in [2.45, 2.75) is 39.7 Å². The Morgan fingerprint density at radius 2 is 2.06 bits per heavy atom. The van der Waals surface area contributed by atoms with Crippen LogP contribution in [0.2, 0.25) is 0 Å². The van der Waals surface area contributed by atoms with Crippen LogP contribution in [0, 0.1) is 11.3 Å². The third kappa shape index (κ3) is 5.83. The molecule has 4 nitrogen and oxygen atoms in total. The number of methoxy groups -OCH3 is 1. The van der Waals surface area contributed by atoms with Gasteiger partial charge in [-0.05, 0) is 24.8 Å². The van der Waals surface area contributed by atoms with Gasteiger partial charge in [0.05, 0.1) is 7.11 Å². The van der Waals surface area contributed by atoms with Crippen LogP contribution in [0.25, 0.3) is 0 Å². The Kier molecular flexibility index (Phi) is 5.60. The number of esters is 1. The number of carbonyl (C=O) groups excluding carboxylic acids is 1. The van der Waals surface area contributed by atoms with E-state index in [0.717, 1.165) is 26.1 Å². The molecule has 0 aliphatic carbocycles. The summed E-state index contributed by atoms with van der Waals surface area (Å²) in [5.74, 6) is 0.318. The number of piperidine rings is 1. The first-order chi connectivity index (χ1) is 8.30. The summed E-state index contributed by atoms with van der Waals surface area (Å²) >= 11 is 0. The molecule has 0 amide bonds. The summed E-state index contributed by atoms with van der Waals surface area (Å²) in [5, 5.41) is 3.62. The molecule has 1 saturated heterocycles. The predicted octanol–water partition coefficient (Wildman–Crippen LogP) is 1.51. The standard InChI is InChI=1S/C14H28N2O2/c1-14(2,3)10-15-12-6-11(7-13(17)18-5)8-16(4)9-12/h11-12,15H,6-10H2,1-5H3. The van der Waals surface area contributed by atoms with Crippen LogP contribution in [0.5, 0.6) is 0 Å². The van der Waals surface area contributed by atoms with Gasteiger partial charge in [0.25, 0.3) is 0 Å². The fourth-order valence-electron chi connectivity index (χ4n) is 2.51. The highest BCUT2D eigenvalue weighted by Gasteiger charge is 2.27. The van der Waals surface area contributed by atoms with Crippen molar-refractivity contribution in [3.8, 4) is 0 Å². The Morgan fingerprint density at radius 3 is 2.61 bits per heavy atom. The minimum atomic E-state index is -0.0927. The fraction of sp³-hybridized carbons (Fsp3) is 0.929. The van der Waals surface area contributed by atoms with E-state index >= 15 is 0 Å². The van der Waals surface area contributed by atoms with Gasteiger partial charge >= 0.3 is 5.97 Å². The third-order valence-electron chi connectivity index (χ3n) is 3.32. The lowest BCUT2D eigenvalue weighted by Gasteiger charge is -2.37. The molecule has 1 aliphatic heterocycles. The van der Waals surface area contributed by atoms with Crippen molar-refractivity contribution in [1.82, 2.24) is 10.2 Å². The van der Waals surface area contributed by atoms with Gasteiger partial charge in [0, 0.05) is 32.1 Å². The Morgan fingerprint density at radius 1 is 1.39 bits per heavy atom. The Hall–Kier alpha value is -0.610. The van der Waals surface area contributed by atoms with Gasteiger partial charge in [-0.3, -0.25) is 4.79 Å². The average Bonchev–Trinajstić information content (AvgIpc) is 2.24. The van der Waals surface area contributed by atoms with Gasteiger partial charge in [0.2, 0.25) is 0 Å². The van der Waals surface area contributed by atoms with E-state index in [-0.39, 0.29) is 5.97 Å². The van der Waals surface area contributed by atoms with Gasteiger partial charge in [-0.25, -0.2) is 0 Å². The van der Waals surface area contributed by atoms with Gasteiger partial charge in [-0.2, -0.15) is 0 Å². The molecule has 106 valence electrons. The highest BCUT2D eigenvalue weighted by molar-refractivity contribution is 5.69. The summed E-state index contributed by atoms with van der Waals surface area (Å²) in [5.41, 5.74) is 0.299. The van der Waals surface area contributed by atoms with Crippen molar-refractivity contribution < 1.29 is 9.53 Å². The molecule has 2 atom stereocenters. The first-order valence-electron chi connectivity index (χ1n) is 6.79. The molecule has 0 aromatic carbocycles. The smallest absolute Gasteiger partial charge is 0.305 e. The maximum atomic E-state index is 11.3. The second-order valence-corrected chi connectivity index (χ2v) is 6.74. The molecular weight excluding hydrogens is 228 g/mol. The van der Waals surface area contributed by atoms with Crippen LogP contribution >= 0.6 is 0 Å². The van der Waals surface area contributed by atoms with E-state index in [2.05, 4.69) is 38.0 Å². The topological polar surface area (TPSA) is 41.6 Å². The monoisotopic (exact) mass is 256 g/mol. The molecule has 4 heteroatoms. The van der Waals surface area contributed by atoms with E-state index in [1.54, 1.807) is 0 Å². The Balaban J connectivity index is 2.43. The lowest BCUT2D eigenvalue weighted by Crippen LogP contribution is -2.49. The number of nitrogens with zero attached hydrogens (tertiary/aromatic N) is 1. The van der Waals surface area contributed by atoms with E-state index in [1.165, 1.54) is 7.11 Å². The minimum Gasteiger partial charge on any atom is -0.469 e. The zero-order valence-corrected chi connectivity index (χ0v) is 12.5. The van der Waals surface area contributed by atoms with Gasteiger partial charge in [0.1, 0.15) is 0 Å². The summed E-state index contributed by atoms with van der Waals surface area (Å²) in [6, 6.07) is 0.484. The number of ether oxygens (including phenoxy) is 1. The van der Waals surface area contributed by atoms with Crippen LogP contribution in [-0.4, -0.2) is 50.7 Å². The van der Waals surface area contributed by atoms with Crippen molar-refractivity contribution in [1.29, 1.82) is 0 Å². The number of hydrogen-bond acceptors (Lipinski definition) is 4. The molecule has 0 aromatic heterocycles.